The van der Waals surface area contributed by atoms with Crippen molar-refractivity contribution < 1.29 is 14.2 Å². The molecule has 18 heavy (non-hydrogen) atoms. The smallest absolute Gasteiger partial charge is 0.171 e. The van der Waals surface area contributed by atoms with Gasteiger partial charge in [-0.15, -0.1) is 0 Å². The van der Waals surface area contributed by atoms with Crippen LogP contribution in [-0.2, 0) is 0 Å². The molecule has 0 amide bonds. The van der Waals surface area contributed by atoms with E-state index in [1.807, 2.05) is 0 Å². The first kappa shape index (κ1) is 12.9. The lowest BCUT2D eigenvalue weighted by molar-refractivity contribution is 0.213. The Kier molecular flexibility index (Phi) is 3.84. The minimum absolute atomic E-state index is 0.105. The quantitative estimate of drug-likeness (QED) is 0.920. The van der Waals surface area contributed by atoms with Crippen LogP contribution < -0.4 is 4.74 Å². The SMILES string of the molecule is COc1cccc(C(O)c2cccc(Cl)c2)c1F. The minimum atomic E-state index is -1.07. The Morgan fingerprint density at radius 2 is 1.94 bits per heavy atom. The summed E-state index contributed by atoms with van der Waals surface area (Å²) in [7, 11) is 1.38. The Balaban J connectivity index is 2.43. The first-order valence-corrected chi connectivity index (χ1v) is 5.77. The molecule has 0 bridgehead atoms. The number of ether oxygens (including phenoxy) is 1. The fraction of sp³-hybridized carbons (Fsp3) is 0.143. The molecule has 0 radical (unpaired) electrons. The van der Waals surface area contributed by atoms with E-state index in [0.717, 1.165) is 0 Å². The van der Waals surface area contributed by atoms with Gasteiger partial charge in [0.25, 0.3) is 0 Å². The third-order valence-electron chi connectivity index (χ3n) is 2.67. The Morgan fingerprint density at radius 3 is 2.61 bits per heavy atom. The highest BCUT2D eigenvalue weighted by atomic mass is 35.5. The summed E-state index contributed by atoms with van der Waals surface area (Å²) in [6.45, 7) is 0. The van der Waals surface area contributed by atoms with Crippen LogP contribution in [0.1, 0.15) is 17.2 Å². The van der Waals surface area contributed by atoms with Crippen molar-refractivity contribution in [2.24, 2.45) is 0 Å². The zero-order valence-electron chi connectivity index (χ0n) is 9.73. The fourth-order valence-electron chi connectivity index (χ4n) is 1.75. The van der Waals surface area contributed by atoms with E-state index in [-0.39, 0.29) is 11.3 Å². The van der Waals surface area contributed by atoms with E-state index in [4.69, 9.17) is 16.3 Å². The standard InChI is InChI=1S/C14H12ClFO2/c1-18-12-7-3-6-11(13(12)16)14(17)9-4-2-5-10(15)8-9/h2-8,14,17H,1H3. The number of aliphatic hydroxyl groups excluding tert-OH is 1. The number of halogens is 2. The van der Waals surface area contributed by atoms with Crippen LogP contribution >= 0.6 is 11.6 Å². The van der Waals surface area contributed by atoms with Crippen molar-refractivity contribution in [3.8, 4) is 5.75 Å². The van der Waals surface area contributed by atoms with Gasteiger partial charge in [-0.3, -0.25) is 0 Å². The number of aliphatic hydroxyl groups is 1. The topological polar surface area (TPSA) is 29.5 Å². The predicted octanol–water partition coefficient (Wildman–Crippen LogP) is 3.57. The molecule has 0 aliphatic rings. The van der Waals surface area contributed by atoms with Gasteiger partial charge in [-0.05, 0) is 23.8 Å². The molecule has 0 spiro atoms. The summed E-state index contributed by atoms with van der Waals surface area (Å²) in [6.07, 6.45) is -1.07. The molecule has 1 unspecified atom stereocenters. The summed E-state index contributed by atoms with van der Waals surface area (Å²) in [6, 6.07) is 11.3. The molecule has 0 aliphatic heterocycles. The molecule has 2 rings (SSSR count). The van der Waals surface area contributed by atoms with Gasteiger partial charge in [0.2, 0.25) is 0 Å². The molecule has 1 N–H and O–H groups in total. The van der Waals surface area contributed by atoms with Crippen molar-refractivity contribution in [2.75, 3.05) is 7.11 Å². The molecule has 1 atom stereocenters. The second-order valence-electron chi connectivity index (χ2n) is 3.82. The summed E-state index contributed by atoms with van der Waals surface area (Å²) in [4.78, 5) is 0. The Labute approximate surface area is 110 Å². The second-order valence-corrected chi connectivity index (χ2v) is 4.26. The highest BCUT2D eigenvalue weighted by Gasteiger charge is 2.17. The van der Waals surface area contributed by atoms with Gasteiger partial charge < -0.3 is 9.84 Å². The van der Waals surface area contributed by atoms with Crippen LogP contribution in [0.25, 0.3) is 0 Å². The van der Waals surface area contributed by atoms with Crippen molar-refractivity contribution in [1.82, 2.24) is 0 Å². The molecule has 2 nitrogen and oxygen atoms in total. The van der Waals surface area contributed by atoms with Gasteiger partial charge in [0, 0.05) is 10.6 Å². The van der Waals surface area contributed by atoms with Crippen molar-refractivity contribution >= 4 is 11.6 Å². The molecule has 4 heteroatoms. The lowest BCUT2D eigenvalue weighted by Gasteiger charge is -2.14. The lowest BCUT2D eigenvalue weighted by atomic mass is 10.0. The number of methoxy groups -OCH3 is 1. The van der Waals surface area contributed by atoms with Gasteiger partial charge in [0.15, 0.2) is 11.6 Å². The van der Waals surface area contributed by atoms with Crippen LogP contribution in [-0.4, -0.2) is 12.2 Å². The summed E-state index contributed by atoms with van der Waals surface area (Å²) in [5.74, 6) is -0.457. The molecule has 0 aromatic heterocycles. The van der Waals surface area contributed by atoms with Crippen molar-refractivity contribution in [3.05, 3.63) is 64.4 Å². The summed E-state index contributed by atoms with van der Waals surface area (Å²) in [5, 5.41) is 10.7. The van der Waals surface area contributed by atoms with Crippen LogP contribution in [0.5, 0.6) is 5.75 Å². The second kappa shape index (κ2) is 5.38. The van der Waals surface area contributed by atoms with Gasteiger partial charge >= 0.3 is 0 Å². The van der Waals surface area contributed by atoms with Crippen LogP contribution in [0.15, 0.2) is 42.5 Å². The summed E-state index contributed by atoms with van der Waals surface area (Å²) >= 11 is 5.85. The van der Waals surface area contributed by atoms with Gasteiger partial charge in [-0.2, -0.15) is 0 Å². The predicted molar refractivity (Wildman–Crippen MR) is 68.5 cm³/mol. The summed E-state index contributed by atoms with van der Waals surface area (Å²) in [5.41, 5.74) is 0.700. The number of hydrogen-bond acceptors (Lipinski definition) is 2. The molecular weight excluding hydrogens is 255 g/mol. The number of hydrogen-bond donors (Lipinski definition) is 1. The average molecular weight is 267 g/mol. The molecule has 0 saturated carbocycles. The third kappa shape index (κ3) is 2.47. The van der Waals surface area contributed by atoms with Crippen LogP contribution in [0.3, 0.4) is 0 Å². The van der Waals surface area contributed by atoms with Gasteiger partial charge in [0.1, 0.15) is 6.10 Å². The van der Waals surface area contributed by atoms with Crippen LogP contribution in [0.2, 0.25) is 5.02 Å². The lowest BCUT2D eigenvalue weighted by Crippen LogP contribution is -2.03. The molecule has 94 valence electrons. The molecule has 0 heterocycles. The molecule has 0 fully saturated rings. The van der Waals surface area contributed by atoms with Crippen LogP contribution in [0, 0.1) is 5.82 Å². The highest BCUT2D eigenvalue weighted by Crippen LogP contribution is 2.30. The van der Waals surface area contributed by atoms with E-state index >= 15 is 0 Å². The monoisotopic (exact) mass is 266 g/mol. The first-order valence-electron chi connectivity index (χ1n) is 5.39. The van der Waals surface area contributed by atoms with E-state index in [1.54, 1.807) is 30.3 Å². The molecule has 0 saturated heterocycles. The third-order valence-corrected chi connectivity index (χ3v) is 2.91. The minimum Gasteiger partial charge on any atom is -0.494 e. The van der Waals surface area contributed by atoms with Crippen molar-refractivity contribution in [3.63, 3.8) is 0 Å². The van der Waals surface area contributed by atoms with E-state index in [1.165, 1.54) is 19.2 Å². The van der Waals surface area contributed by atoms with Gasteiger partial charge in [0.05, 0.1) is 7.11 Å². The largest absolute Gasteiger partial charge is 0.494 e. The zero-order chi connectivity index (χ0) is 13.1. The molecule has 0 aliphatic carbocycles. The molecule has 2 aromatic carbocycles. The maximum atomic E-state index is 14.0. The van der Waals surface area contributed by atoms with E-state index in [9.17, 15) is 9.50 Å². The van der Waals surface area contributed by atoms with E-state index in [2.05, 4.69) is 0 Å². The molecule has 2 aromatic rings. The molecular formula is C14H12ClFO2. The Hall–Kier alpha value is -1.58. The highest BCUT2D eigenvalue weighted by molar-refractivity contribution is 6.30. The van der Waals surface area contributed by atoms with E-state index < -0.39 is 11.9 Å². The zero-order valence-corrected chi connectivity index (χ0v) is 10.5. The number of rotatable bonds is 3. The van der Waals surface area contributed by atoms with Crippen LogP contribution in [0.4, 0.5) is 4.39 Å². The fourth-order valence-corrected chi connectivity index (χ4v) is 1.95. The van der Waals surface area contributed by atoms with Gasteiger partial charge in [-0.25, -0.2) is 4.39 Å². The normalized spacial score (nSPS) is 12.2. The Bertz CT molecular complexity index is 557. The van der Waals surface area contributed by atoms with E-state index in [0.29, 0.717) is 10.6 Å². The van der Waals surface area contributed by atoms with Crippen molar-refractivity contribution in [2.45, 2.75) is 6.10 Å². The van der Waals surface area contributed by atoms with Crippen molar-refractivity contribution in [1.29, 1.82) is 0 Å². The average Bonchev–Trinajstić information content (AvgIpc) is 2.38. The first-order chi connectivity index (χ1) is 8.63. The maximum Gasteiger partial charge on any atom is 0.171 e. The maximum absolute atomic E-state index is 14.0. The Morgan fingerprint density at radius 1 is 1.22 bits per heavy atom. The summed E-state index contributed by atoms with van der Waals surface area (Å²) < 4.78 is 18.9. The van der Waals surface area contributed by atoms with Gasteiger partial charge in [-0.1, -0.05) is 35.9 Å². The number of benzene rings is 2.